The highest BCUT2D eigenvalue weighted by Gasteiger charge is 2.15. The number of alkyl carbamates (subject to hydrolysis) is 1. The molecule has 0 aliphatic carbocycles. The van der Waals surface area contributed by atoms with E-state index in [0.29, 0.717) is 0 Å². The summed E-state index contributed by atoms with van der Waals surface area (Å²) in [6.45, 7) is -0.425. The van der Waals surface area contributed by atoms with Crippen molar-refractivity contribution in [3.63, 3.8) is 0 Å². The molecule has 22 heavy (non-hydrogen) atoms. The summed E-state index contributed by atoms with van der Waals surface area (Å²) in [4.78, 5) is 32.9. The second-order valence-corrected chi connectivity index (χ2v) is 4.40. The topological polar surface area (TPSA) is 125 Å². The molecule has 1 unspecified atom stereocenters. The Hall–Kier alpha value is -2.61. The maximum atomic E-state index is 11.4. The zero-order valence-electron chi connectivity index (χ0n) is 11.8. The molecule has 0 spiro atoms. The number of hydrogen-bond acceptors (Lipinski definition) is 5. The van der Waals surface area contributed by atoms with Crippen LogP contribution in [-0.2, 0) is 20.9 Å². The van der Waals surface area contributed by atoms with Crippen LogP contribution in [0.1, 0.15) is 12.0 Å². The van der Waals surface area contributed by atoms with Gasteiger partial charge in [0.05, 0.1) is 0 Å². The summed E-state index contributed by atoms with van der Waals surface area (Å²) in [5.41, 5.74) is 0.839. The van der Waals surface area contributed by atoms with Gasteiger partial charge in [-0.2, -0.15) is 0 Å². The van der Waals surface area contributed by atoms with E-state index in [1.54, 1.807) is 0 Å². The fourth-order valence-electron chi connectivity index (χ4n) is 1.50. The van der Waals surface area contributed by atoms with E-state index in [1.165, 1.54) is 0 Å². The zero-order valence-corrected chi connectivity index (χ0v) is 11.8. The molecular formula is C14H18N2O6. The first-order chi connectivity index (χ1) is 10.5. The smallest absolute Gasteiger partial charge is 0.407 e. The van der Waals surface area contributed by atoms with Crippen LogP contribution >= 0.6 is 0 Å². The summed E-state index contributed by atoms with van der Waals surface area (Å²) < 4.78 is 4.94. The first-order valence-electron chi connectivity index (χ1n) is 6.61. The lowest BCUT2D eigenvalue weighted by Gasteiger charge is -2.11. The minimum Gasteiger partial charge on any atom is -0.480 e. The van der Waals surface area contributed by atoms with Crippen LogP contribution in [-0.4, -0.2) is 47.4 Å². The highest BCUT2D eigenvalue weighted by molar-refractivity contribution is 5.84. The average molecular weight is 310 g/mol. The van der Waals surface area contributed by atoms with E-state index in [1.807, 2.05) is 35.6 Å². The Bertz CT molecular complexity index is 505. The predicted molar refractivity (Wildman–Crippen MR) is 75.9 cm³/mol. The molecule has 0 heterocycles. The van der Waals surface area contributed by atoms with Crippen molar-refractivity contribution >= 4 is 18.0 Å². The third-order valence-electron chi connectivity index (χ3n) is 2.62. The van der Waals surface area contributed by atoms with Crippen molar-refractivity contribution in [2.45, 2.75) is 19.1 Å². The molecule has 8 heteroatoms. The normalized spacial score (nSPS) is 11.3. The van der Waals surface area contributed by atoms with Gasteiger partial charge in [0.25, 0.3) is 0 Å². The summed E-state index contributed by atoms with van der Waals surface area (Å²) in [5, 5.41) is 22.3. The Labute approximate surface area is 127 Å². The zero-order chi connectivity index (χ0) is 16.4. The van der Waals surface area contributed by atoms with Gasteiger partial charge in [-0.25, -0.2) is 4.79 Å². The van der Waals surface area contributed by atoms with Crippen molar-refractivity contribution in [2.24, 2.45) is 0 Å². The fraction of sp³-hybridized carbons (Fsp3) is 0.357. The molecule has 0 radical (unpaired) electrons. The molecule has 1 atom stereocenters. The highest BCUT2D eigenvalue weighted by atomic mass is 16.5. The molecule has 1 rings (SSSR count). The third kappa shape index (κ3) is 7.25. The number of amides is 2. The summed E-state index contributed by atoms with van der Waals surface area (Å²) in [6, 6.07) is 9.11. The molecule has 4 N–H and O–H groups in total. The highest BCUT2D eigenvalue weighted by Crippen LogP contribution is 2.00. The van der Waals surface area contributed by atoms with Gasteiger partial charge < -0.3 is 25.6 Å². The summed E-state index contributed by atoms with van der Waals surface area (Å²) in [7, 11) is 0. The van der Waals surface area contributed by atoms with E-state index in [0.717, 1.165) is 5.56 Å². The van der Waals surface area contributed by atoms with Crippen molar-refractivity contribution < 1.29 is 29.3 Å². The van der Waals surface area contributed by atoms with Gasteiger partial charge in [0.1, 0.15) is 19.3 Å². The van der Waals surface area contributed by atoms with Crippen LogP contribution in [0, 0.1) is 0 Å². The van der Waals surface area contributed by atoms with Crippen LogP contribution in [0.15, 0.2) is 30.3 Å². The minimum atomic E-state index is -1.39. The molecule has 0 aliphatic rings. The van der Waals surface area contributed by atoms with Crippen molar-refractivity contribution in [3.8, 4) is 0 Å². The molecule has 0 fully saturated rings. The number of carboxylic acid groups (broad SMARTS) is 1. The van der Waals surface area contributed by atoms with Crippen LogP contribution in [0.25, 0.3) is 0 Å². The summed E-state index contributed by atoms with van der Waals surface area (Å²) in [5.74, 6) is -2.01. The van der Waals surface area contributed by atoms with Crippen molar-refractivity contribution in [3.05, 3.63) is 35.9 Å². The number of benzene rings is 1. The number of rotatable bonds is 8. The van der Waals surface area contributed by atoms with Gasteiger partial charge in [-0.05, 0) is 12.0 Å². The Morgan fingerprint density at radius 3 is 2.45 bits per heavy atom. The molecule has 120 valence electrons. The number of carboxylic acids is 1. The maximum Gasteiger partial charge on any atom is 0.407 e. The Balaban J connectivity index is 2.16. The van der Waals surface area contributed by atoms with E-state index in [2.05, 4.69) is 5.32 Å². The number of carbonyl (C=O) groups excluding carboxylic acids is 2. The number of nitrogens with one attached hydrogen (secondary N) is 2. The lowest BCUT2D eigenvalue weighted by molar-refractivity contribution is -0.139. The second kappa shape index (κ2) is 9.35. The molecule has 0 saturated carbocycles. The van der Waals surface area contributed by atoms with Gasteiger partial charge in [-0.15, -0.1) is 0 Å². The number of aliphatic hydroxyl groups is 1. The maximum absolute atomic E-state index is 11.4. The largest absolute Gasteiger partial charge is 0.480 e. The van der Waals surface area contributed by atoms with Gasteiger partial charge in [0.15, 0.2) is 0 Å². The molecule has 1 aromatic carbocycles. The average Bonchev–Trinajstić information content (AvgIpc) is 2.51. The monoisotopic (exact) mass is 310 g/mol. The Kier molecular flexibility index (Phi) is 7.41. The van der Waals surface area contributed by atoms with Crippen molar-refractivity contribution in [1.82, 2.24) is 10.6 Å². The van der Waals surface area contributed by atoms with Gasteiger partial charge in [0, 0.05) is 6.54 Å². The first-order valence-corrected chi connectivity index (χ1v) is 6.61. The van der Waals surface area contributed by atoms with E-state index >= 15 is 0 Å². The van der Waals surface area contributed by atoms with Gasteiger partial charge >= 0.3 is 12.1 Å². The third-order valence-corrected chi connectivity index (χ3v) is 2.62. The van der Waals surface area contributed by atoms with Crippen molar-refractivity contribution in [2.75, 3.05) is 13.1 Å². The fourth-order valence-corrected chi connectivity index (χ4v) is 1.50. The molecule has 0 saturated heterocycles. The van der Waals surface area contributed by atoms with Gasteiger partial charge in [0.2, 0.25) is 5.91 Å². The standard InChI is InChI=1S/C14H18N2O6/c17-11(13(20)16-8-12(18)19)6-7-15-14(21)22-9-10-4-2-1-3-5-10/h1-5,11,17H,6-9H2,(H,15,21)(H,16,20)(H,18,19). The van der Waals surface area contributed by atoms with Crippen molar-refractivity contribution in [1.29, 1.82) is 0 Å². The van der Waals surface area contributed by atoms with Crippen LogP contribution in [0.4, 0.5) is 4.79 Å². The van der Waals surface area contributed by atoms with Crippen LogP contribution in [0.5, 0.6) is 0 Å². The Morgan fingerprint density at radius 2 is 1.82 bits per heavy atom. The van der Waals surface area contributed by atoms with Crippen LogP contribution in [0.3, 0.4) is 0 Å². The van der Waals surface area contributed by atoms with E-state index in [9.17, 15) is 19.5 Å². The Morgan fingerprint density at radius 1 is 1.14 bits per heavy atom. The van der Waals surface area contributed by atoms with E-state index in [-0.39, 0.29) is 19.6 Å². The van der Waals surface area contributed by atoms with Crippen LogP contribution < -0.4 is 10.6 Å². The molecule has 0 bridgehead atoms. The number of aliphatic hydroxyl groups excluding tert-OH is 1. The molecular weight excluding hydrogens is 292 g/mol. The van der Waals surface area contributed by atoms with E-state index in [4.69, 9.17) is 9.84 Å². The number of carbonyl (C=O) groups is 3. The lowest BCUT2D eigenvalue weighted by atomic mass is 10.2. The number of ether oxygens (including phenoxy) is 1. The summed E-state index contributed by atoms with van der Waals surface area (Å²) in [6.07, 6.45) is -2.11. The molecule has 2 amide bonds. The molecule has 1 aromatic rings. The first kappa shape index (κ1) is 17.4. The quantitative estimate of drug-likeness (QED) is 0.530. The summed E-state index contributed by atoms with van der Waals surface area (Å²) >= 11 is 0. The molecule has 0 aliphatic heterocycles. The lowest BCUT2D eigenvalue weighted by Crippen LogP contribution is -2.39. The predicted octanol–water partition coefficient (Wildman–Crippen LogP) is -0.135. The van der Waals surface area contributed by atoms with E-state index < -0.39 is 30.6 Å². The van der Waals surface area contributed by atoms with Gasteiger partial charge in [-0.1, -0.05) is 30.3 Å². The second-order valence-electron chi connectivity index (χ2n) is 4.40. The SMILES string of the molecule is O=C(O)CNC(=O)C(O)CCNC(=O)OCc1ccccc1. The number of aliphatic carboxylic acids is 1. The van der Waals surface area contributed by atoms with Crippen LogP contribution in [0.2, 0.25) is 0 Å². The van der Waals surface area contributed by atoms with Gasteiger partial charge in [-0.3, -0.25) is 9.59 Å². The molecule has 8 nitrogen and oxygen atoms in total. The minimum absolute atomic E-state index is 0.0231. The molecule has 0 aromatic heterocycles. The number of hydrogen-bond donors (Lipinski definition) is 4.